The first-order chi connectivity index (χ1) is 10.6. The number of likely N-dealkylation sites (tertiary alicyclic amines) is 1. The maximum absolute atomic E-state index is 11.9. The number of nitrogens with zero attached hydrogens (tertiary/aromatic N) is 1. The highest BCUT2D eigenvalue weighted by atomic mass is 16.2. The molecule has 22 heavy (non-hydrogen) atoms. The maximum Gasteiger partial charge on any atom is 0.309 e. The van der Waals surface area contributed by atoms with E-state index in [1.54, 1.807) is 0 Å². The molecular formula is C17H25N3O2. The van der Waals surface area contributed by atoms with Crippen molar-refractivity contribution in [3.8, 4) is 0 Å². The molecule has 1 aromatic carbocycles. The zero-order valence-electron chi connectivity index (χ0n) is 13.3. The van der Waals surface area contributed by atoms with Gasteiger partial charge >= 0.3 is 11.8 Å². The monoisotopic (exact) mass is 303 g/mol. The summed E-state index contributed by atoms with van der Waals surface area (Å²) in [4.78, 5) is 26.2. The summed E-state index contributed by atoms with van der Waals surface area (Å²) < 4.78 is 0. The summed E-state index contributed by atoms with van der Waals surface area (Å²) >= 11 is 0. The van der Waals surface area contributed by atoms with E-state index >= 15 is 0 Å². The average molecular weight is 303 g/mol. The van der Waals surface area contributed by atoms with Gasteiger partial charge in [0.15, 0.2) is 0 Å². The Bertz CT molecular complexity index is 504. The fourth-order valence-electron chi connectivity index (χ4n) is 2.92. The van der Waals surface area contributed by atoms with E-state index in [0.29, 0.717) is 12.6 Å². The van der Waals surface area contributed by atoms with Gasteiger partial charge in [-0.05, 0) is 38.4 Å². The molecule has 5 nitrogen and oxygen atoms in total. The summed E-state index contributed by atoms with van der Waals surface area (Å²) in [7, 11) is 0. The van der Waals surface area contributed by atoms with Gasteiger partial charge < -0.3 is 10.6 Å². The normalized spacial score (nSPS) is 19.6. The van der Waals surface area contributed by atoms with E-state index in [4.69, 9.17) is 0 Å². The summed E-state index contributed by atoms with van der Waals surface area (Å²) in [5, 5.41) is 5.48. The van der Waals surface area contributed by atoms with Gasteiger partial charge in [0, 0.05) is 12.6 Å². The van der Waals surface area contributed by atoms with Crippen LogP contribution in [0.25, 0.3) is 0 Å². The molecule has 1 aromatic rings. The van der Waals surface area contributed by atoms with Crippen LogP contribution in [0.3, 0.4) is 0 Å². The van der Waals surface area contributed by atoms with Gasteiger partial charge in [-0.1, -0.05) is 37.3 Å². The van der Waals surface area contributed by atoms with Crippen molar-refractivity contribution in [1.29, 1.82) is 0 Å². The molecule has 2 N–H and O–H groups in total. The van der Waals surface area contributed by atoms with E-state index in [2.05, 4.69) is 22.5 Å². The third kappa shape index (κ3) is 4.31. The second-order valence-electron chi connectivity index (χ2n) is 5.74. The molecule has 0 spiro atoms. The Hall–Kier alpha value is -1.88. The van der Waals surface area contributed by atoms with Gasteiger partial charge in [0.2, 0.25) is 0 Å². The lowest BCUT2D eigenvalue weighted by molar-refractivity contribution is -0.139. The lowest BCUT2D eigenvalue weighted by atomic mass is 10.1. The van der Waals surface area contributed by atoms with Crippen molar-refractivity contribution < 1.29 is 9.59 Å². The van der Waals surface area contributed by atoms with E-state index in [-0.39, 0.29) is 6.04 Å². The molecule has 0 radical (unpaired) electrons. The zero-order valence-corrected chi connectivity index (χ0v) is 13.3. The van der Waals surface area contributed by atoms with E-state index in [9.17, 15) is 9.59 Å². The van der Waals surface area contributed by atoms with Gasteiger partial charge in [-0.25, -0.2) is 0 Å². The van der Waals surface area contributed by atoms with Crippen LogP contribution in [0.15, 0.2) is 30.3 Å². The van der Waals surface area contributed by atoms with Crippen LogP contribution in [-0.4, -0.2) is 42.4 Å². The molecule has 0 saturated carbocycles. The second kappa shape index (κ2) is 7.94. The molecule has 0 aliphatic carbocycles. The van der Waals surface area contributed by atoms with E-state index in [1.807, 2.05) is 37.3 Å². The Morgan fingerprint density at radius 3 is 2.68 bits per heavy atom. The quantitative estimate of drug-likeness (QED) is 0.810. The standard InChI is InChI=1S/C17H25N3O2/c1-3-20-11-7-10-15(20)12-18-16(21)17(22)19-13(2)14-8-5-4-6-9-14/h4-6,8-9,13,15H,3,7,10-12H2,1-2H3,(H,18,21)(H,19,22)/t13-,15-/m0/s1. The molecular weight excluding hydrogens is 278 g/mol. The number of hydrogen-bond donors (Lipinski definition) is 2. The van der Waals surface area contributed by atoms with Gasteiger partial charge in [0.1, 0.15) is 0 Å². The third-order valence-electron chi connectivity index (χ3n) is 4.26. The summed E-state index contributed by atoms with van der Waals surface area (Å²) in [6.45, 7) is 6.59. The molecule has 0 bridgehead atoms. The summed E-state index contributed by atoms with van der Waals surface area (Å²) in [6, 6.07) is 9.79. The first kappa shape index (κ1) is 16.5. The minimum absolute atomic E-state index is 0.182. The van der Waals surface area contributed by atoms with Crippen LogP contribution >= 0.6 is 0 Å². The molecule has 1 aliphatic rings. The zero-order chi connectivity index (χ0) is 15.9. The van der Waals surface area contributed by atoms with Crippen molar-refractivity contribution in [3.63, 3.8) is 0 Å². The van der Waals surface area contributed by atoms with Gasteiger partial charge in [-0.3, -0.25) is 14.5 Å². The van der Waals surface area contributed by atoms with Crippen molar-refractivity contribution in [3.05, 3.63) is 35.9 Å². The van der Waals surface area contributed by atoms with Crippen molar-refractivity contribution >= 4 is 11.8 Å². The van der Waals surface area contributed by atoms with Crippen molar-refractivity contribution in [2.75, 3.05) is 19.6 Å². The van der Waals surface area contributed by atoms with Gasteiger partial charge in [-0.2, -0.15) is 0 Å². The molecule has 1 fully saturated rings. The SMILES string of the molecule is CCN1CCC[C@H]1CNC(=O)C(=O)N[C@@H](C)c1ccccc1. The van der Waals surface area contributed by atoms with Crippen molar-refractivity contribution in [2.45, 2.75) is 38.8 Å². The van der Waals surface area contributed by atoms with Crippen LogP contribution < -0.4 is 10.6 Å². The highest BCUT2D eigenvalue weighted by molar-refractivity contribution is 6.35. The van der Waals surface area contributed by atoms with Crippen molar-refractivity contribution in [2.24, 2.45) is 0 Å². The Morgan fingerprint density at radius 2 is 2.00 bits per heavy atom. The smallest absolute Gasteiger partial charge is 0.309 e. The van der Waals surface area contributed by atoms with Gasteiger partial charge in [0.25, 0.3) is 0 Å². The second-order valence-corrected chi connectivity index (χ2v) is 5.74. The number of nitrogens with one attached hydrogen (secondary N) is 2. The Morgan fingerprint density at radius 1 is 1.27 bits per heavy atom. The molecule has 0 aromatic heterocycles. The number of rotatable bonds is 5. The van der Waals surface area contributed by atoms with E-state index < -0.39 is 11.8 Å². The largest absolute Gasteiger partial charge is 0.346 e. The number of benzene rings is 1. The Balaban J connectivity index is 1.78. The number of amides is 2. The first-order valence-corrected chi connectivity index (χ1v) is 7.99. The minimum Gasteiger partial charge on any atom is -0.346 e. The molecule has 1 saturated heterocycles. The van der Waals surface area contributed by atoms with Crippen LogP contribution in [0.2, 0.25) is 0 Å². The van der Waals surface area contributed by atoms with Crippen molar-refractivity contribution in [1.82, 2.24) is 15.5 Å². The predicted molar refractivity (Wildman–Crippen MR) is 86.3 cm³/mol. The molecule has 5 heteroatoms. The molecule has 2 rings (SSSR count). The first-order valence-electron chi connectivity index (χ1n) is 7.99. The molecule has 120 valence electrons. The third-order valence-corrected chi connectivity index (χ3v) is 4.26. The maximum atomic E-state index is 11.9. The number of carbonyl (C=O) groups is 2. The van der Waals surface area contributed by atoms with Crippen LogP contribution in [0.1, 0.15) is 38.3 Å². The molecule has 1 heterocycles. The average Bonchev–Trinajstić information content (AvgIpc) is 3.00. The molecule has 1 aliphatic heterocycles. The minimum atomic E-state index is -0.572. The highest BCUT2D eigenvalue weighted by Gasteiger charge is 2.24. The fraction of sp³-hybridized carbons (Fsp3) is 0.529. The predicted octanol–water partition coefficient (Wildman–Crippen LogP) is 1.46. The number of carbonyl (C=O) groups excluding carboxylic acids is 2. The summed E-state index contributed by atoms with van der Waals surface area (Å²) in [5.74, 6) is -1.12. The van der Waals surface area contributed by atoms with Crippen LogP contribution in [0, 0.1) is 0 Å². The lowest BCUT2D eigenvalue weighted by Gasteiger charge is -2.23. The Kier molecular flexibility index (Phi) is 5.95. The topological polar surface area (TPSA) is 61.4 Å². The lowest BCUT2D eigenvalue weighted by Crippen LogP contribution is -2.46. The van der Waals surface area contributed by atoms with E-state index in [0.717, 1.165) is 31.5 Å². The molecule has 0 unspecified atom stereocenters. The fourth-order valence-corrected chi connectivity index (χ4v) is 2.92. The van der Waals surface area contributed by atoms with Crippen LogP contribution in [0.4, 0.5) is 0 Å². The summed E-state index contributed by atoms with van der Waals surface area (Å²) in [5.41, 5.74) is 0.983. The molecule has 2 atom stereocenters. The Labute approximate surface area is 132 Å². The summed E-state index contributed by atoms with van der Waals surface area (Å²) in [6.07, 6.45) is 2.24. The highest BCUT2D eigenvalue weighted by Crippen LogP contribution is 2.15. The number of hydrogen-bond acceptors (Lipinski definition) is 3. The number of likely N-dealkylation sites (N-methyl/N-ethyl adjacent to an activating group) is 1. The van der Waals surface area contributed by atoms with Gasteiger partial charge in [0.05, 0.1) is 6.04 Å². The van der Waals surface area contributed by atoms with Crippen LogP contribution in [0.5, 0.6) is 0 Å². The molecule has 2 amide bonds. The van der Waals surface area contributed by atoms with Gasteiger partial charge in [-0.15, -0.1) is 0 Å². The van der Waals surface area contributed by atoms with E-state index in [1.165, 1.54) is 0 Å². The van der Waals surface area contributed by atoms with Crippen LogP contribution in [-0.2, 0) is 9.59 Å².